The quantitative estimate of drug-likeness (QED) is 0.262. The number of thiophene rings is 1. The molecule has 1 fully saturated rings. The average molecular weight is 538 g/mol. The zero-order valence-electron chi connectivity index (χ0n) is 19.6. The Morgan fingerprint density at radius 3 is 2.89 bits per heavy atom. The third-order valence-electron chi connectivity index (χ3n) is 5.95. The van der Waals surface area contributed by atoms with Crippen LogP contribution in [-0.2, 0) is 13.0 Å². The number of anilines is 1. The van der Waals surface area contributed by atoms with E-state index in [2.05, 4.69) is 36.3 Å². The number of hydrogen-bond acceptors (Lipinski definition) is 8. The molecule has 0 saturated carbocycles. The molecule has 14 heteroatoms. The van der Waals surface area contributed by atoms with Gasteiger partial charge < -0.3 is 20.5 Å². The maximum absolute atomic E-state index is 14.4. The largest absolute Gasteiger partial charge is 0.393 e. The Labute approximate surface area is 212 Å². The number of H-pyrrole nitrogens is 1. The molecule has 1 amide bonds. The summed E-state index contributed by atoms with van der Waals surface area (Å²) in [6.07, 6.45) is -6.25. The highest BCUT2D eigenvalue weighted by molar-refractivity contribution is 7.23. The lowest BCUT2D eigenvalue weighted by molar-refractivity contribution is -0.126. The molecule has 0 radical (unpaired) electrons. The van der Waals surface area contributed by atoms with Gasteiger partial charge in [0.25, 0.3) is 5.91 Å². The van der Waals surface area contributed by atoms with Gasteiger partial charge in [-0.15, -0.1) is 11.3 Å². The van der Waals surface area contributed by atoms with Crippen molar-refractivity contribution in [2.75, 3.05) is 18.4 Å². The van der Waals surface area contributed by atoms with Crippen molar-refractivity contribution in [3.63, 3.8) is 0 Å². The molecule has 9 nitrogen and oxygen atoms in total. The van der Waals surface area contributed by atoms with Crippen molar-refractivity contribution in [2.24, 2.45) is 0 Å². The van der Waals surface area contributed by atoms with Crippen LogP contribution in [0, 0.1) is 6.92 Å². The fourth-order valence-corrected chi connectivity index (χ4v) is 5.45. The number of fused-ring (bicyclic) bond motifs is 1. The number of aromatic amines is 1. The summed E-state index contributed by atoms with van der Waals surface area (Å²) >= 11 is 1.08. The molecule has 1 aromatic carbocycles. The van der Waals surface area contributed by atoms with Crippen LogP contribution in [0.15, 0.2) is 28.8 Å². The minimum atomic E-state index is -4.48. The monoisotopic (exact) mass is 537 g/mol. The standard InChI is InChI=1S/C23H23F4N7O2S/c1-11-7-17(33-32-11)22(35)29-10-18-31-21(34-36-18)20-13(8-23(25,26)27)12-3-2-4-16(19(12)37-20)30-15-5-6-28-9-14(15)24/h2-4,7,14-15,28,30H,5-6,8-10H2,1H3,(H,29,35)(H,32,33)/t14-,15+/m0/s1. The molecule has 4 aromatic rings. The van der Waals surface area contributed by atoms with Gasteiger partial charge in [-0.1, -0.05) is 17.3 Å². The smallest absolute Gasteiger partial charge is 0.378 e. The van der Waals surface area contributed by atoms with Crippen molar-refractivity contribution >= 4 is 33.0 Å². The molecule has 4 N–H and O–H groups in total. The number of carbonyl (C=O) groups excluding carboxylic acids is 1. The van der Waals surface area contributed by atoms with Crippen LogP contribution in [0.1, 0.15) is 34.1 Å². The van der Waals surface area contributed by atoms with E-state index in [0.717, 1.165) is 11.3 Å². The number of nitrogens with one attached hydrogen (secondary N) is 4. The second-order valence-corrected chi connectivity index (χ2v) is 9.79. The summed E-state index contributed by atoms with van der Waals surface area (Å²) in [7, 11) is 0. The van der Waals surface area contributed by atoms with Crippen molar-refractivity contribution < 1.29 is 26.9 Å². The molecular formula is C23H23F4N7O2S. The maximum atomic E-state index is 14.4. The average Bonchev–Trinajstić information content (AvgIpc) is 3.58. The van der Waals surface area contributed by atoms with Crippen LogP contribution in [0.3, 0.4) is 0 Å². The molecule has 0 unspecified atom stereocenters. The first-order valence-electron chi connectivity index (χ1n) is 11.5. The Hall–Kier alpha value is -3.52. The maximum Gasteiger partial charge on any atom is 0.393 e. The zero-order chi connectivity index (χ0) is 26.2. The lowest BCUT2D eigenvalue weighted by Crippen LogP contribution is -2.45. The molecule has 0 spiro atoms. The second-order valence-electron chi connectivity index (χ2n) is 8.77. The van der Waals surface area contributed by atoms with E-state index < -0.39 is 30.7 Å². The molecular weight excluding hydrogens is 514 g/mol. The van der Waals surface area contributed by atoms with Gasteiger partial charge in [0, 0.05) is 12.2 Å². The summed E-state index contributed by atoms with van der Waals surface area (Å²) < 4.78 is 60.8. The number of piperidine rings is 1. The first-order chi connectivity index (χ1) is 17.7. The minimum Gasteiger partial charge on any atom is -0.378 e. The third kappa shape index (κ3) is 5.59. The number of carbonyl (C=O) groups is 1. The molecule has 2 atom stereocenters. The number of alkyl halides is 4. The van der Waals surface area contributed by atoms with E-state index in [1.54, 1.807) is 31.2 Å². The predicted octanol–water partition coefficient (Wildman–Crippen LogP) is 4.13. The summed E-state index contributed by atoms with van der Waals surface area (Å²) in [5.41, 5.74) is 1.46. The number of benzene rings is 1. The fraction of sp³-hybridized carbons (Fsp3) is 0.391. The van der Waals surface area contributed by atoms with Crippen LogP contribution in [0.25, 0.3) is 20.8 Å². The SMILES string of the molecule is Cc1cc(C(=O)NCc2nc(-c3sc4c(N[C@@H]5CCNC[C@@H]5F)cccc4c3CC(F)(F)F)no2)n[nH]1. The van der Waals surface area contributed by atoms with E-state index in [1.165, 1.54) is 0 Å². The lowest BCUT2D eigenvalue weighted by Gasteiger charge is -2.28. The molecule has 37 heavy (non-hydrogen) atoms. The topological polar surface area (TPSA) is 121 Å². The van der Waals surface area contributed by atoms with Gasteiger partial charge in [-0.25, -0.2) is 4.39 Å². The highest BCUT2D eigenvalue weighted by atomic mass is 32.1. The number of nitrogens with zero attached hydrogens (tertiary/aromatic N) is 3. The Morgan fingerprint density at radius 1 is 1.32 bits per heavy atom. The van der Waals surface area contributed by atoms with E-state index in [9.17, 15) is 22.4 Å². The van der Waals surface area contributed by atoms with Gasteiger partial charge in [0.15, 0.2) is 0 Å². The molecule has 1 aliphatic heterocycles. The lowest BCUT2D eigenvalue weighted by atomic mass is 10.0. The van der Waals surface area contributed by atoms with Gasteiger partial charge in [-0.05, 0) is 43.0 Å². The summed E-state index contributed by atoms with van der Waals surface area (Å²) in [4.78, 5) is 16.6. The summed E-state index contributed by atoms with van der Waals surface area (Å²) in [5.74, 6) is -0.459. The van der Waals surface area contributed by atoms with Crippen LogP contribution in [0.4, 0.5) is 23.2 Å². The molecule has 0 bridgehead atoms. The third-order valence-corrected chi connectivity index (χ3v) is 7.23. The highest BCUT2D eigenvalue weighted by Crippen LogP contribution is 2.43. The van der Waals surface area contributed by atoms with E-state index in [4.69, 9.17) is 4.52 Å². The molecule has 1 saturated heterocycles. The first-order valence-corrected chi connectivity index (χ1v) is 12.3. The molecule has 5 rings (SSSR count). The minimum absolute atomic E-state index is 0.0154. The summed E-state index contributed by atoms with van der Waals surface area (Å²) in [6.45, 7) is 2.48. The number of halogens is 4. The Balaban J connectivity index is 1.44. The number of amides is 1. The number of aromatic nitrogens is 4. The van der Waals surface area contributed by atoms with E-state index in [-0.39, 0.29) is 40.9 Å². The van der Waals surface area contributed by atoms with Crippen molar-refractivity contribution in [3.05, 3.63) is 47.1 Å². The van der Waals surface area contributed by atoms with Crippen LogP contribution < -0.4 is 16.0 Å². The van der Waals surface area contributed by atoms with Crippen LogP contribution in [0.2, 0.25) is 0 Å². The van der Waals surface area contributed by atoms with Crippen molar-refractivity contribution in [2.45, 2.75) is 44.7 Å². The summed E-state index contributed by atoms with van der Waals surface area (Å²) in [6, 6.07) is 6.08. The molecule has 1 aliphatic rings. The highest BCUT2D eigenvalue weighted by Gasteiger charge is 2.33. The van der Waals surface area contributed by atoms with Crippen LogP contribution >= 0.6 is 11.3 Å². The van der Waals surface area contributed by atoms with Crippen LogP contribution in [0.5, 0.6) is 0 Å². The van der Waals surface area contributed by atoms with Crippen molar-refractivity contribution in [1.29, 1.82) is 0 Å². The zero-order valence-corrected chi connectivity index (χ0v) is 20.4. The van der Waals surface area contributed by atoms with E-state index in [1.807, 2.05) is 0 Å². The van der Waals surface area contributed by atoms with Gasteiger partial charge in [0.1, 0.15) is 11.9 Å². The Kier molecular flexibility index (Phi) is 6.86. The Bertz CT molecular complexity index is 1410. The van der Waals surface area contributed by atoms with Crippen LogP contribution in [-0.4, -0.2) is 57.7 Å². The Morgan fingerprint density at radius 2 is 2.16 bits per heavy atom. The fourth-order valence-electron chi connectivity index (χ4n) is 4.22. The van der Waals surface area contributed by atoms with E-state index >= 15 is 0 Å². The molecule has 196 valence electrons. The van der Waals surface area contributed by atoms with Gasteiger partial charge in [-0.2, -0.15) is 23.3 Å². The predicted molar refractivity (Wildman–Crippen MR) is 129 cm³/mol. The van der Waals surface area contributed by atoms with Gasteiger partial charge in [-0.3, -0.25) is 9.89 Å². The van der Waals surface area contributed by atoms with Gasteiger partial charge in [0.2, 0.25) is 11.7 Å². The normalized spacial score (nSPS) is 18.3. The number of rotatable bonds is 7. The number of aryl methyl sites for hydroxylation is 1. The van der Waals surface area contributed by atoms with E-state index in [0.29, 0.717) is 34.4 Å². The van der Waals surface area contributed by atoms with Gasteiger partial charge >= 0.3 is 6.18 Å². The molecule has 4 heterocycles. The van der Waals surface area contributed by atoms with Crippen molar-refractivity contribution in [3.8, 4) is 10.7 Å². The first kappa shape index (κ1) is 25.1. The van der Waals surface area contributed by atoms with Crippen molar-refractivity contribution in [1.82, 2.24) is 31.0 Å². The molecule has 0 aliphatic carbocycles. The second kappa shape index (κ2) is 10.1. The van der Waals surface area contributed by atoms with Gasteiger partial charge in [0.05, 0.1) is 34.3 Å². The summed E-state index contributed by atoms with van der Waals surface area (Å²) in [5, 5.41) is 19.5. The molecule has 3 aromatic heterocycles. The number of hydrogen-bond donors (Lipinski definition) is 4.